The fourth-order valence-corrected chi connectivity index (χ4v) is 6.02. The van der Waals surface area contributed by atoms with Gasteiger partial charge in [-0.1, -0.05) is 78.9 Å². The van der Waals surface area contributed by atoms with Crippen LogP contribution in [-0.4, -0.2) is 57.0 Å². The molecule has 0 bridgehead atoms. The normalized spacial score (nSPS) is 19.6. The highest BCUT2D eigenvalue weighted by Gasteiger charge is 2.48. The largest absolute Gasteiger partial charge is 0.504 e. The Morgan fingerprint density at radius 2 is 1.39 bits per heavy atom. The smallest absolute Gasteiger partial charge is 0.256 e. The van der Waals surface area contributed by atoms with Crippen molar-refractivity contribution in [2.45, 2.75) is 50.8 Å². The first kappa shape index (κ1) is 36.2. The molecule has 276 valence electrons. The van der Waals surface area contributed by atoms with E-state index < -0.39 is 47.8 Å². The Morgan fingerprint density at radius 3 is 2.06 bits per heavy atom. The molecule has 1 aliphatic rings. The minimum absolute atomic E-state index is 0.0603. The molecule has 0 aliphatic carbocycles. The van der Waals surface area contributed by atoms with Crippen LogP contribution in [0, 0.1) is 6.92 Å². The number of hydrogen-bond acceptors (Lipinski definition) is 11. The summed E-state index contributed by atoms with van der Waals surface area (Å²) in [4.78, 5) is 26.9. The number of ether oxygens (including phenoxy) is 4. The fraction of sp³-hybridized carbons (Fsp3) is 0.190. The zero-order chi connectivity index (χ0) is 37.8. The number of nitrogens with one attached hydrogen (secondary N) is 1. The second-order valence-corrected chi connectivity index (χ2v) is 12.8. The third kappa shape index (κ3) is 7.77. The number of phenolic OH excluding ortho intramolecular Hbond substituents is 1. The summed E-state index contributed by atoms with van der Waals surface area (Å²) in [6, 6.07) is 35.1. The molecule has 5 aromatic carbocycles. The third-order valence-electron chi connectivity index (χ3n) is 9.00. The zero-order valence-electron chi connectivity index (χ0n) is 29.0. The van der Waals surface area contributed by atoms with Crippen LogP contribution in [0.25, 0.3) is 22.3 Å². The number of anilines is 1. The maximum Gasteiger partial charge on any atom is 0.256 e. The highest BCUT2D eigenvalue weighted by molar-refractivity contribution is 5.95. The highest BCUT2D eigenvalue weighted by atomic mass is 16.7. The first-order valence-corrected chi connectivity index (χ1v) is 17.2. The maximum atomic E-state index is 13.6. The van der Waals surface area contributed by atoms with Crippen LogP contribution in [0.15, 0.2) is 131 Å². The van der Waals surface area contributed by atoms with Crippen LogP contribution >= 0.6 is 0 Å². The second kappa shape index (κ2) is 15.8. The van der Waals surface area contributed by atoms with Crippen LogP contribution in [0.2, 0.25) is 0 Å². The van der Waals surface area contributed by atoms with E-state index in [4.69, 9.17) is 23.4 Å². The van der Waals surface area contributed by atoms with E-state index in [1.165, 1.54) is 12.1 Å². The van der Waals surface area contributed by atoms with E-state index in [1.54, 1.807) is 79.7 Å². The number of aliphatic hydroxyl groups excluding tert-OH is 3. The molecule has 0 spiro atoms. The number of aryl methyl sites for hydroxylation is 1. The average molecular weight is 732 g/mol. The molecule has 1 saturated heterocycles. The summed E-state index contributed by atoms with van der Waals surface area (Å²) in [7, 11) is 0. The Hall–Kier alpha value is -6.18. The minimum Gasteiger partial charge on any atom is -0.504 e. The standard InChI is InChI=1S/C42H37NO11/c1-24-10-8-9-15-29(24)43-41(49)40-37(47)36(46)38(48)42(54-40)53-33-21-32-34(35(45)39(33)51-23-26-13-6-3-7-14-26)30(44)20-31(52-32)27-16-18-28(19-17-27)50-22-25-11-4-2-5-12-25/h2-21,36-38,40,42,45-48H,22-23H2,1H3,(H,43,49). The molecule has 6 aromatic rings. The molecule has 1 amide bonds. The lowest BCUT2D eigenvalue weighted by Gasteiger charge is -2.39. The average Bonchev–Trinajstić information content (AvgIpc) is 3.18. The summed E-state index contributed by atoms with van der Waals surface area (Å²) in [5.41, 5.74) is 2.79. The molecule has 7 rings (SSSR count). The van der Waals surface area contributed by atoms with Crippen LogP contribution in [0.5, 0.6) is 23.0 Å². The van der Waals surface area contributed by atoms with Gasteiger partial charge in [0.1, 0.15) is 54.0 Å². The second-order valence-electron chi connectivity index (χ2n) is 12.8. The summed E-state index contributed by atoms with van der Waals surface area (Å²) in [5, 5.41) is 46.5. The first-order valence-electron chi connectivity index (χ1n) is 17.2. The topological polar surface area (TPSA) is 177 Å². The molecule has 1 aromatic heterocycles. The lowest BCUT2D eigenvalue weighted by Crippen LogP contribution is -2.62. The fourth-order valence-electron chi connectivity index (χ4n) is 6.02. The summed E-state index contributed by atoms with van der Waals surface area (Å²) in [6.07, 6.45) is -8.99. The van der Waals surface area contributed by atoms with Crippen LogP contribution in [0.3, 0.4) is 0 Å². The molecular weight excluding hydrogens is 694 g/mol. The molecule has 5 unspecified atom stereocenters. The van der Waals surface area contributed by atoms with Crippen molar-refractivity contribution in [1.29, 1.82) is 0 Å². The van der Waals surface area contributed by atoms with Gasteiger partial charge in [-0.2, -0.15) is 0 Å². The van der Waals surface area contributed by atoms with Gasteiger partial charge in [0.15, 0.2) is 23.0 Å². The van der Waals surface area contributed by atoms with Gasteiger partial charge in [-0.3, -0.25) is 9.59 Å². The highest BCUT2D eigenvalue weighted by Crippen LogP contribution is 2.44. The summed E-state index contributed by atoms with van der Waals surface area (Å²) >= 11 is 0. The summed E-state index contributed by atoms with van der Waals surface area (Å²) in [5.74, 6) is -1.17. The Balaban J connectivity index is 1.21. The van der Waals surface area contributed by atoms with Gasteiger partial charge in [0.25, 0.3) is 5.91 Å². The Bertz CT molecular complexity index is 2290. The van der Waals surface area contributed by atoms with E-state index in [9.17, 15) is 30.0 Å². The molecule has 0 radical (unpaired) electrons. The van der Waals surface area contributed by atoms with E-state index in [-0.39, 0.29) is 34.8 Å². The van der Waals surface area contributed by atoms with Crippen LogP contribution in [0.4, 0.5) is 5.69 Å². The monoisotopic (exact) mass is 731 g/mol. The van der Waals surface area contributed by atoms with Crippen molar-refractivity contribution < 1.29 is 48.6 Å². The molecule has 1 fully saturated rings. The molecule has 5 atom stereocenters. The predicted molar refractivity (Wildman–Crippen MR) is 198 cm³/mol. The number of benzene rings is 5. The van der Waals surface area contributed by atoms with Gasteiger partial charge in [-0.15, -0.1) is 0 Å². The van der Waals surface area contributed by atoms with E-state index in [2.05, 4.69) is 5.32 Å². The Kier molecular flexibility index (Phi) is 10.6. The zero-order valence-corrected chi connectivity index (χ0v) is 29.0. The van der Waals surface area contributed by atoms with Gasteiger partial charge in [-0.05, 0) is 53.9 Å². The minimum atomic E-state index is -1.87. The number of aliphatic hydroxyl groups is 3. The molecule has 1 aliphatic heterocycles. The summed E-state index contributed by atoms with van der Waals surface area (Å²) in [6.45, 7) is 2.09. The van der Waals surface area contributed by atoms with Gasteiger partial charge < -0.3 is 49.1 Å². The molecule has 12 heteroatoms. The van der Waals surface area contributed by atoms with Gasteiger partial charge in [0.05, 0.1) is 0 Å². The van der Waals surface area contributed by atoms with Crippen molar-refractivity contribution in [3.05, 3.63) is 148 Å². The van der Waals surface area contributed by atoms with Crippen molar-refractivity contribution in [2.24, 2.45) is 0 Å². The number of aromatic hydroxyl groups is 1. The van der Waals surface area contributed by atoms with Crippen molar-refractivity contribution in [2.75, 3.05) is 5.32 Å². The van der Waals surface area contributed by atoms with Crippen molar-refractivity contribution in [3.63, 3.8) is 0 Å². The van der Waals surface area contributed by atoms with E-state index in [1.807, 2.05) is 36.4 Å². The number of amides is 1. The number of hydrogen-bond donors (Lipinski definition) is 5. The number of fused-ring (bicyclic) bond motifs is 1. The Labute approximate surface area is 309 Å². The quantitative estimate of drug-likeness (QED) is 0.114. The SMILES string of the molecule is Cc1ccccc1NC(=O)C1OC(Oc2cc3oc(-c4ccc(OCc5ccccc5)cc4)cc(=O)c3c(O)c2OCc2ccccc2)C(O)C(O)C1O. The van der Waals surface area contributed by atoms with Crippen LogP contribution < -0.4 is 25.0 Å². The number of carbonyl (C=O) groups excluding carboxylic acids is 1. The van der Waals surface area contributed by atoms with Gasteiger partial charge >= 0.3 is 0 Å². The maximum absolute atomic E-state index is 13.6. The molecule has 54 heavy (non-hydrogen) atoms. The summed E-state index contributed by atoms with van der Waals surface area (Å²) < 4.78 is 29.8. The number of para-hydroxylation sites is 1. The van der Waals surface area contributed by atoms with Crippen LogP contribution in [0.1, 0.15) is 16.7 Å². The predicted octanol–water partition coefficient (Wildman–Crippen LogP) is 5.46. The van der Waals surface area contributed by atoms with Crippen molar-refractivity contribution >= 4 is 22.6 Å². The van der Waals surface area contributed by atoms with Crippen molar-refractivity contribution in [1.82, 2.24) is 0 Å². The van der Waals surface area contributed by atoms with Crippen molar-refractivity contribution in [3.8, 4) is 34.3 Å². The van der Waals surface area contributed by atoms with Gasteiger partial charge in [-0.25, -0.2) is 0 Å². The molecule has 5 N–H and O–H groups in total. The Morgan fingerprint density at radius 1 is 0.759 bits per heavy atom. The molecule has 2 heterocycles. The van der Waals surface area contributed by atoms with Gasteiger partial charge in [0, 0.05) is 23.4 Å². The lowest BCUT2D eigenvalue weighted by molar-refractivity contribution is -0.265. The van der Waals surface area contributed by atoms with E-state index in [0.717, 1.165) is 16.7 Å². The van der Waals surface area contributed by atoms with E-state index >= 15 is 0 Å². The number of phenols is 1. The van der Waals surface area contributed by atoms with Crippen LogP contribution in [-0.2, 0) is 22.7 Å². The van der Waals surface area contributed by atoms with Gasteiger partial charge in [0.2, 0.25) is 12.0 Å². The number of carbonyl (C=O) groups is 1. The molecule has 12 nitrogen and oxygen atoms in total. The molecular formula is C42H37NO11. The lowest BCUT2D eigenvalue weighted by atomic mass is 9.98. The third-order valence-corrected chi connectivity index (χ3v) is 9.00. The van der Waals surface area contributed by atoms with E-state index in [0.29, 0.717) is 23.6 Å². The first-order chi connectivity index (χ1) is 26.2. The number of rotatable bonds is 11. The molecule has 0 saturated carbocycles.